The molecule has 6 nitrogen and oxygen atoms in total. The third-order valence-corrected chi connectivity index (χ3v) is 3.41. The van der Waals surface area contributed by atoms with Crippen LogP contribution in [0.3, 0.4) is 0 Å². The summed E-state index contributed by atoms with van der Waals surface area (Å²) in [7, 11) is 3.08. The molecule has 0 aliphatic rings. The van der Waals surface area contributed by atoms with Crippen LogP contribution < -0.4 is 10.2 Å². The van der Waals surface area contributed by atoms with E-state index in [4.69, 9.17) is 9.15 Å². The van der Waals surface area contributed by atoms with Crippen molar-refractivity contribution in [3.63, 3.8) is 0 Å². The number of ether oxygens (including phenoxy) is 1. The minimum absolute atomic E-state index is 0.0410. The van der Waals surface area contributed by atoms with E-state index in [2.05, 4.69) is 0 Å². The van der Waals surface area contributed by atoms with Crippen LogP contribution in [0.2, 0.25) is 0 Å². The first kappa shape index (κ1) is 15.6. The van der Waals surface area contributed by atoms with E-state index in [1.54, 1.807) is 12.1 Å². The quantitative estimate of drug-likeness (QED) is 0.782. The smallest absolute Gasteiger partial charge is 0.414 e. The maximum atomic E-state index is 12.3. The highest BCUT2D eigenvalue weighted by Crippen LogP contribution is 2.31. The molecule has 6 heteroatoms. The Morgan fingerprint density at radius 1 is 1.12 bits per heavy atom. The number of fused-ring (bicyclic) bond motifs is 1. The normalized spacial score (nSPS) is 10.6. The molecule has 3 rings (SSSR count). The SMILES string of the molecule is CN(C)C(=O)Oc1cc(O)c2c(=O)cc(-c3ccccc3)oc2c1. The molecule has 122 valence electrons. The molecule has 0 aliphatic heterocycles. The second kappa shape index (κ2) is 6.08. The van der Waals surface area contributed by atoms with Crippen LogP contribution in [0.1, 0.15) is 0 Å². The Bertz CT molecular complexity index is 960. The van der Waals surface area contributed by atoms with Gasteiger partial charge in [-0.15, -0.1) is 0 Å². The van der Waals surface area contributed by atoms with Crippen molar-refractivity contribution in [1.82, 2.24) is 4.90 Å². The van der Waals surface area contributed by atoms with Gasteiger partial charge in [0.15, 0.2) is 5.43 Å². The highest BCUT2D eigenvalue weighted by Gasteiger charge is 2.15. The summed E-state index contributed by atoms with van der Waals surface area (Å²) in [6, 6.07) is 13.1. The van der Waals surface area contributed by atoms with Gasteiger partial charge in [0.2, 0.25) is 0 Å². The molecule has 0 saturated carbocycles. The topological polar surface area (TPSA) is 80.0 Å². The van der Waals surface area contributed by atoms with E-state index < -0.39 is 6.09 Å². The van der Waals surface area contributed by atoms with E-state index >= 15 is 0 Å². The molecular formula is C18H15NO5. The minimum Gasteiger partial charge on any atom is -0.507 e. The Balaban J connectivity index is 2.14. The van der Waals surface area contributed by atoms with Crippen molar-refractivity contribution >= 4 is 17.1 Å². The van der Waals surface area contributed by atoms with Crippen LogP contribution in [0.15, 0.2) is 57.7 Å². The number of phenolic OH excluding ortho intramolecular Hbond substituents is 1. The Labute approximate surface area is 137 Å². The van der Waals surface area contributed by atoms with Crippen molar-refractivity contribution in [1.29, 1.82) is 0 Å². The van der Waals surface area contributed by atoms with E-state index in [0.717, 1.165) is 5.56 Å². The predicted octanol–water partition coefficient (Wildman–Crippen LogP) is 3.23. The number of hydrogen-bond donors (Lipinski definition) is 1. The summed E-state index contributed by atoms with van der Waals surface area (Å²) in [6.45, 7) is 0. The van der Waals surface area contributed by atoms with Gasteiger partial charge in [-0.1, -0.05) is 30.3 Å². The molecule has 0 bridgehead atoms. The van der Waals surface area contributed by atoms with Crippen molar-refractivity contribution < 1.29 is 19.1 Å². The maximum absolute atomic E-state index is 12.3. The zero-order valence-corrected chi connectivity index (χ0v) is 13.1. The molecule has 0 radical (unpaired) electrons. The lowest BCUT2D eigenvalue weighted by Gasteiger charge is -2.11. The molecule has 3 aromatic rings. The Morgan fingerprint density at radius 2 is 1.83 bits per heavy atom. The first-order chi connectivity index (χ1) is 11.5. The average molecular weight is 325 g/mol. The van der Waals surface area contributed by atoms with Gasteiger partial charge in [-0.2, -0.15) is 0 Å². The van der Waals surface area contributed by atoms with Crippen LogP contribution in [0.25, 0.3) is 22.3 Å². The summed E-state index contributed by atoms with van der Waals surface area (Å²) in [5.41, 5.74) is 0.493. The van der Waals surface area contributed by atoms with Gasteiger partial charge in [0.25, 0.3) is 0 Å². The van der Waals surface area contributed by atoms with Crippen LogP contribution in [0, 0.1) is 0 Å². The largest absolute Gasteiger partial charge is 0.507 e. The van der Waals surface area contributed by atoms with Gasteiger partial charge in [0.1, 0.15) is 28.2 Å². The first-order valence-electron chi connectivity index (χ1n) is 7.21. The summed E-state index contributed by atoms with van der Waals surface area (Å²) in [4.78, 5) is 25.2. The Morgan fingerprint density at radius 3 is 2.50 bits per heavy atom. The second-order valence-electron chi connectivity index (χ2n) is 5.42. The fraction of sp³-hybridized carbons (Fsp3) is 0.111. The molecule has 0 spiro atoms. The summed E-state index contributed by atoms with van der Waals surface area (Å²) < 4.78 is 10.8. The molecule has 0 saturated heterocycles. The third-order valence-electron chi connectivity index (χ3n) is 3.41. The number of carbonyl (C=O) groups excluding carboxylic acids is 1. The van der Waals surface area contributed by atoms with Crippen molar-refractivity contribution in [2.75, 3.05) is 14.1 Å². The van der Waals surface area contributed by atoms with Gasteiger partial charge in [0, 0.05) is 37.9 Å². The van der Waals surface area contributed by atoms with Crippen LogP contribution in [-0.4, -0.2) is 30.2 Å². The van der Waals surface area contributed by atoms with Crippen LogP contribution in [0.5, 0.6) is 11.5 Å². The summed E-state index contributed by atoms with van der Waals surface area (Å²) in [5.74, 6) is 0.151. The van der Waals surface area contributed by atoms with E-state index in [-0.39, 0.29) is 27.9 Å². The maximum Gasteiger partial charge on any atom is 0.414 e. The number of carbonyl (C=O) groups is 1. The zero-order valence-electron chi connectivity index (χ0n) is 13.1. The van der Waals surface area contributed by atoms with E-state index in [0.29, 0.717) is 5.76 Å². The first-order valence-corrected chi connectivity index (χ1v) is 7.21. The Hall–Kier alpha value is -3.28. The molecule has 1 N–H and O–H groups in total. The van der Waals surface area contributed by atoms with Crippen LogP contribution in [0.4, 0.5) is 4.79 Å². The highest BCUT2D eigenvalue weighted by molar-refractivity contribution is 5.86. The minimum atomic E-state index is -0.602. The molecule has 1 aromatic heterocycles. The molecule has 2 aromatic carbocycles. The molecule has 0 fully saturated rings. The molecule has 0 unspecified atom stereocenters. The van der Waals surface area contributed by atoms with Gasteiger partial charge in [-0.25, -0.2) is 4.79 Å². The monoisotopic (exact) mass is 325 g/mol. The fourth-order valence-corrected chi connectivity index (χ4v) is 2.24. The van der Waals surface area contributed by atoms with Gasteiger partial charge in [0.05, 0.1) is 0 Å². The summed E-state index contributed by atoms with van der Waals surface area (Å²) in [5, 5.41) is 10.1. The van der Waals surface area contributed by atoms with Crippen molar-refractivity contribution in [2.24, 2.45) is 0 Å². The average Bonchev–Trinajstić information content (AvgIpc) is 2.54. The molecular weight excluding hydrogens is 310 g/mol. The molecule has 24 heavy (non-hydrogen) atoms. The Kier molecular flexibility index (Phi) is 3.95. The predicted molar refractivity (Wildman–Crippen MR) is 89.3 cm³/mol. The zero-order chi connectivity index (χ0) is 17.3. The molecule has 1 heterocycles. The number of nitrogens with zero attached hydrogens (tertiary/aromatic N) is 1. The lowest BCUT2D eigenvalue weighted by Crippen LogP contribution is -2.25. The third kappa shape index (κ3) is 2.94. The summed E-state index contributed by atoms with van der Waals surface area (Å²) >= 11 is 0. The second-order valence-corrected chi connectivity index (χ2v) is 5.42. The number of aromatic hydroxyl groups is 1. The number of hydrogen-bond acceptors (Lipinski definition) is 5. The fourth-order valence-electron chi connectivity index (χ4n) is 2.24. The number of phenols is 1. The standard InChI is InChI=1S/C18H15NO5/c1-19(2)18(22)23-12-8-13(20)17-14(21)10-15(24-16(17)9-12)11-6-4-3-5-7-11/h3-10,20H,1-2H3. The number of amides is 1. The van der Waals surface area contributed by atoms with Crippen molar-refractivity contribution in [2.45, 2.75) is 0 Å². The van der Waals surface area contributed by atoms with Gasteiger partial charge >= 0.3 is 6.09 Å². The van der Waals surface area contributed by atoms with Gasteiger partial charge in [-0.3, -0.25) is 4.79 Å². The van der Waals surface area contributed by atoms with Crippen molar-refractivity contribution in [3.05, 3.63) is 58.8 Å². The number of benzene rings is 2. The van der Waals surface area contributed by atoms with Crippen LogP contribution >= 0.6 is 0 Å². The van der Waals surface area contributed by atoms with E-state index in [1.165, 1.54) is 37.2 Å². The van der Waals surface area contributed by atoms with Crippen molar-refractivity contribution in [3.8, 4) is 22.8 Å². The molecule has 0 aliphatic carbocycles. The van der Waals surface area contributed by atoms with E-state index in [9.17, 15) is 14.7 Å². The highest BCUT2D eigenvalue weighted by atomic mass is 16.6. The van der Waals surface area contributed by atoms with E-state index in [1.807, 2.05) is 18.2 Å². The lowest BCUT2D eigenvalue weighted by atomic mass is 10.1. The van der Waals surface area contributed by atoms with Gasteiger partial charge < -0.3 is 19.2 Å². The summed E-state index contributed by atoms with van der Waals surface area (Å²) in [6.07, 6.45) is -0.602. The lowest BCUT2D eigenvalue weighted by molar-refractivity contribution is 0.172. The van der Waals surface area contributed by atoms with Crippen LogP contribution in [-0.2, 0) is 0 Å². The van der Waals surface area contributed by atoms with Gasteiger partial charge in [-0.05, 0) is 0 Å². The molecule has 0 atom stereocenters. The molecule has 1 amide bonds. The number of rotatable bonds is 2.